The summed E-state index contributed by atoms with van der Waals surface area (Å²) < 4.78 is 25.2. The molecule has 12 heavy (non-hydrogen) atoms. The number of rotatable bonds is 1. The second-order valence-electron chi connectivity index (χ2n) is 2.14. The number of benzene rings is 1. The molecule has 0 aliphatic carbocycles. The number of halogens is 3. The van der Waals surface area contributed by atoms with Gasteiger partial charge in [-0.1, -0.05) is 0 Å². The van der Waals surface area contributed by atoms with Crippen molar-refractivity contribution in [1.29, 1.82) is 0 Å². The van der Waals surface area contributed by atoms with Gasteiger partial charge in [0.1, 0.15) is 17.4 Å². The van der Waals surface area contributed by atoms with Crippen molar-refractivity contribution >= 4 is 15.9 Å². The Labute approximate surface area is 75.6 Å². The molecule has 0 heterocycles. The molecule has 66 valence electrons. The van der Waals surface area contributed by atoms with Gasteiger partial charge in [-0.15, -0.1) is 0 Å². The molecule has 1 aromatic rings. The van der Waals surface area contributed by atoms with Crippen molar-refractivity contribution in [3.63, 3.8) is 0 Å². The Kier molecular flexibility index (Phi) is 2.64. The van der Waals surface area contributed by atoms with Crippen LogP contribution < -0.4 is 0 Å². The molecule has 1 aromatic carbocycles. The molecule has 0 aliphatic heterocycles. The van der Waals surface area contributed by atoms with E-state index in [1.165, 1.54) is 0 Å². The van der Waals surface area contributed by atoms with Crippen LogP contribution in [-0.2, 0) is 6.61 Å². The number of hydrogen-bond donors (Lipinski definition) is 2. The Morgan fingerprint density at radius 1 is 1.42 bits per heavy atom. The molecule has 0 bridgehead atoms. The van der Waals surface area contributed by atoms with Gasteiger partial charge in [-0.05, 0) is 15.9 Å². The molecule has 2 nitrogen and oxygen atoms in total. The molecule has 0 spiro atoms. The Bertz CT molecular complexity index is 315. The normalized spacial score (nSPS) is 10.3. The molecule has 0 saturated heterocycles. The lowest BCUT2D eigenvalue weighted by atomic mass is 10.2. The van der Waals surface area contributed by atoms with Gasteiger partial charge in [0.15, 0.2) is 0 Å². The predicted octanol–water partition coefficient (Wildman–Crippen LogP) is 1.93. The van der Waals surface area contributed by atoms with Crippen molar-refractivity contribution in [3.8, 4) is 5.75 Å². The first-order valence-electron chi connectivity index (χ1n) is 3.04. The van der Waals surface area contributed by atoms with Crippen LogP contribution in [0.3, 0.4) is 0 Å². The van der Waals surface area contributed by atoms with E-state index in [1.807, 2.05) is 0 Å². The van der Waals surface area contributed by atoms with Crippen LogP contribution in [0.2, 0.25) is 0 Å². The van der Waals surface area contributed by atoms with Gasteiger partial charge in [0.05, 0.1) is 16.6 Å². The lowest BCUT2D eigenvalue weighted by Gasteiger charge is -2.04. The van der Waals surface area contributed by atoms with Crippen LogP contribution >= 0.6 is 15.9 Å². The van der Waals surface area contributed by atoms with Gasteiger partial charge in [0, 0.05) is 6.07 Å². The van der Waals surface area contributed by atoms with Crippen LogP contribution in [0.4, 0.5) is 8.78 Å². The first kappa shape index (κ1) is 9.41. The molecule has 0 unspecified atom stereocenters. The highest BCUT2D eigenvalue weighted by Crippen LogP contribution is 2.29. The van der Waals surface area contributed by atoms with Gasteiger partial charge >= 0.3 is 0 Å². The first-order valence-corrected chi connectivity index (χ1v) is 3.83. The van der Waals surface area contributed by atoms with Gasteiger partial charge in [0.2, 0.25) is 0 Å². The van der Waals surface area contributed by atoms with Gasteiger partial charge < -0.3 is 10.2 Å². The van der Waals surface area contributed by atoms with Crippen LogP contribution in [0.5, 0.6) is 5.75 Å². The lowest BCUT2D eigenvalue weighted by Crippen LogP contribution is -1.94. The van der Waals surface area contributed by atoms with E-state index in [0.29, 0.717) is 0 Å². The molecular weight excluding hydrogens is 234 g/mol. The average Bonchev–Trinajstić information content (AvgIpc) is 2.01. The van der Waals surface area contributed by atoms with Crippen LogP contribution in [-0.4, -0.2) is 10.2 Å². The number of aromatic hydroxyl groups is 1. The quantitative estimate of drug-likeness (QED) is 0.735. The summed E-state index contributed by atoms with van der Waals surface area (Å²) in [4.78, 5) is 0. The second-order valence-corrected chi connectivity index (χ2v) is 2.94. The fourth-order valence-corrected chi connectivity index (χ4v) is 1.12. The summed E-state index contributed by atoms with van der Waals surface area (Å²) in [5, 5.41) is 17.5. The molecule has 0 saturated carbocycles. The van der Waals surface area contributed by atoms with E-state index in [9.17, 15) is 8.78 Å². The molecule has 0 atom stereocenters. The summed E-state index contributed by atoms with van der Waals surface area (Å²) in [6.07, 6.45) is 0. The van der Waals surface area contributed by atoms with Crippen LogP contribution in [0, 0.1) is 11.6 Å². The van der Waals surface area contributed by atoms with Crippen LogP contribution in [0.15, 0.2) is 10.5 Å². The van der Waals surface area contributed by atoms with Crippen molar-refractivity contribution in [2.24, 2.45) is 0 Å². The third-order valence-corrected chi connectivity index (χ3v) is 2.12. The van der Waals surface area contributed by atoms with E-state index in [4.69, 9.17) is 10.2 Å². The number of phenols is 1. The maximum atomic E-state index is 12.9. The number of aliphatic hydroxyl groups excluding tert-OH is 1. The highest BCUT2D eigenvalue weighted by molar-refractivity contribution is 9.10. The molecule has 0 amide bonds. The smallest absolute Gasteiger partial charge is 0.149 e. The molecule has 0 fully saturated rings. The molecule has 2 N–H and O–H groups in total. The minimum atomic E-state index is -0.977. The molecule has 0 aliphatic rings. The van der Waals surface area contributed by atoms with Crippen molar-refractivity contribution in [1.82, 2.24) is 0 Å². The average molecular weight is 239 g/mol. The summed E-state index contributed by atoms with van der Waals surface area (Å²) in [5.41, 5.74) is -0.316. The third kappa shape index (κ3) is 1.42. The van der Waals surface area contributed by atoms with Crippen molar-refractivity contribution < 1.29 is 19.0 Å². The maximum absolute atomic E-state index is 12.9. The predicted molar refractivity (Wildman–Crippen MR) is 41.6 cm³/mol. The van der Waals surface area contributed by atoms with E-state index >= 15 is 0 Å². The Balaban J connectivity index is 3.40. The monoisotopic (exact) mass is 238 g/mol. The zero-order valence-electron chi connectivity index (χ0n) is 5.81. The van der Waals surface area contributed by atoms with Gasteiger partial charge in [-0.2, -0.15) is 0 Å². The number of aliphatic hydroxyl groups is 1. The zero-order valence-corrected chi connectivity index (χ0v) is 7.40. The van der Waals surface area contributed by atoms with Gasteiger partial charge in [0.25, 0.3) is 0 Å². The van der Waals surface area contributed by atoms with E-state index in [0.717, 1.165) is 6.07 Å². The summed E-state index contributed by atoms with van der Waals surface area (Å²) in [7, 11) is 0. The molecular formula is C7H5BrF2O2. The highest BCUT2D eigenvalue weighted by Gasteiger charge is 2.15. The van der Waals surface area contributed by atoms with Gasteiger partial charge in [-0.3, -0.25) is 0 Å². The lowest BCUT2D eigenvalue weighted by molar-refractivity contribution is 0.267. The minimum Gasteiger partial charge on any atom is -0.507 e. The van der Waals surface area contributed by atoms with E-state index in [2.05, 4.69) is 15.9 Å². The summed E-state index contributed by atoms with van der Waals surface area (Å²) in [5.74, 6) is -2.46. The summed E-state index contributed by atoms with van der Waals surface area (Å²) in [6.45, 7) is -0.670. The zero-order chi connectivity index (χ0) is 9.30. The maximum Gasteiger partial charge on any atom is 0.149 e. The second kappa shape index (κ2) is 3.37. The van der Waals surface area contributed by atoms with Crippen molar-refractivity contribution in [2.75, 3.05) is 0 Å². The van der Waals surface area contributed by atoms with Crippen LogP contribution in [0.25, 0.3) is 0 Å². The van der Waals surface area contributed by atoms with E-state index in [1.54, 1.807) is 0 Å². The number of hydrogen-bond acceptors (Lipinski definition) is 2. The Hall–Kier alpha value is -0.680. The molecule has 1 rings (SSSR count). The van der Waals surface area contributed by atoms with Crippen molar-refractivity contribution in [2.45, 2.75) is 6.61 Å². The standard InChI is InChI=1S/C7H5BrF2O2/c8-6-4(9)1-5(12)3(2-11)7(6)10/h1,11-12H,2H2. The largest absolute Gasteiger partial charge is 0.507 e. The topological polar surface area (TPSA) is 40.5 Å². The highest BCUT2D eigenvalue weighted by atomic mass is 79.9. The summed E-state index contributed by atoms with van der Waals surface area (Å²) >= 11 is 2.63. The Morgan fingerprint density at radius 2 is 2.00 bits per heavy atom. The molecule has 5 heteroatoms. The fourth-order valence-electron chi connectivity index (χ4n) is 0.771. The Morgan fingerprint density at radius 3 is 2.50 bits per heavy atom. The molecule has 0 aromatic heterocycles. The SMILES string of the molecule is OCc1c(O)cc(F)c(Br)c1F. The molecule has 0 radical (unpaired) electrons. The third-order valence-electron chi connectivity index (χ3n) is 1.40. The minimum absolute atomic E-state index is 0.316. The van der Waals surface area contributed by atoms with Crippen LogP contribution in [0.1, 0.15) is 5.56 Å². The van der Waals surface area contributed by atoms with E-state index < -0.39 is 24.0 Å². The van der Waals surface area contributed by atoms with Gasteiger partial charge in [-0.25, -0.2) is 8.78 Å². The van der Waals surface area contributed by atoms with Crippen molar-refractivity contribution in [3.05, 3.63) is 27.7 Å². The summed E-state index contributed by atoms with van der Waals surface area (Å²) in [6, 6.07) is 0.735. The van der Waals surface area contributed by atoms with E-state index in [-0.39, 0.29) is 10.0 Å². The fraction of sp³-hybridized carbons (Fsp3) is 0.143. The first-order chi connectivity index (χ1) is 5.57.